The van der Waals surface area contributed by atoms with E-state index >= 15 is 0 Å². The molecular weight excluding hydrogens is 669 g/mol. The average molecular weight is 745 g/mol. The number of allylic oxidation sites excluding steroid dienone is 4. The first-order valence-corrected chi connectivity index (χ1v) is 20.3. The third-order valence-electron chi connectivity index (χ3n) is 8.89. The maximum absolute atomic E-state index is 11.6. The molecule has 51 heavy (non-hydrogen) atoms. The second kappa shape index (κ2) is 43.0. The summed E-state index contributed by atoms with van der Waals surface area (Å²) in [4.78, 5) is 46.6. The summed E-state index contributed by atoms with van der Waals surface area (Å²) in [6.07, 6.45) is 42.0. The summed E-state index contributed by atoms with van der Waals surface area (Å²) in [6, 6.07) is 0. The Morgan fingerprint density at radius 3 is 0.902 bits per heavy atom. The maximum atomic E-state index is 11.6. The van der Waals surface area contributed by atoms with Gasteiger partial charge in [-0.15, -0.1) is 0 Å². The first-order chi connectivity index (χ1) is 24.1. The Morgan fingerprint density at radius 2 is 0.647 bits per heavy atom. The minimum absolute atomic E-state index is 0. The minimum Gasteiger partial charge on any atom is -0.548 e. The van der Waals surface area contributed by atoms with Gasteiger partial charge in [-0.05, 0) is 64.2 Å². The zero-order valence-electron chi connectivity index (χ0n) is 33.6. The first-order valence-electron chi connectivity index (χ1n) is 20.3. The van der Waals surface area contributed by atoms with Gasteiger partial charge < -0.3 is 29.6 Å². The van der Waals surface area contributed by atoms with Gasteiger partial charge in [0.2, 0.25) is 11.8 Å². The van der Waals surface area contributed by atoms with Gasteiger partial charge in [0.25, 0.3) is 0 Å². The third kappa shape index (κ3) is 44.7. The van der Waals surface area contributed by atoms with Crippen LogP contribution in [0.5, 0.6) is 0 Å². The molecule has 0 bridgehead atoms. The van der Waals surface area contributed by atoms with Gasteiger partial charge in [-0.1, -0.05) is 141 Å². The third-order valence-corrected chi connectivity index (χ3v) is 8.89. The molecule has 0 aromatic rings. The largest absolute Gasteiger partial charge is 2.00 e. The summed E-state index contributed by atoms with van der Waals surface area (Å²) in [6.45, 7) is 3.87. The van der Waals surface area contributed by atoms with Crippen LogP contribution in [0.1, 0.15) is 194 Å². The van der Waals surface area contributed by atoms with Gasteiger partial charge in [-0.3, -0.25) is 9.59 Å². The molecule has 0 aromatic heterocycles. The standard InChI is InChI=1S/2C21H39NO3.Ca/c2*1-3-4-5-6-7-8-9-10-11-12-13-14-15-16-17-18-20(23)22(2)19-21(24)25;/h2*10-11H,3-9,12-19H2,1-2H3,(H,24,25);/q;;+2/p-2/b2*11-10+;. The van der Waals surface area contributed by atoms with Crippen LogP contribution >= 0.6 is 0 Å². The molecule has 0 heterocycles. The summed E-state index contributed by atoms with van der Waals surface area (Å²) in [5, 5.41) is 20.8. The Morgan fingerprint density at radius 1 is 0.412 bits per heavy atom. The van der Waals surface area contributed by atoms with Gasteiger partial charge in [0.15, 0.2) is 0 Å². The van der Waals surface area contributed by atoms with E-state index < -0.39 is 11.9 Å². The maximum Gasteiger partial charge on any atom is 2.00 e. The Kier molecular flexibility index (Phi) is 45.5. The van der Waals surface area contributed by atoms with E-state index in [4.69, 9.17) is 0 Å². The number of rotatable bonds is 34. The fraction of sp³-hybridized carbons (Fsp3) is 0.810. The molecule has 292 valence electrons. The zero-order chi connectivity index (χ0) is 37.5. The summed E-state index contributed by atoms with van der Waals surface area (Å²) in [5.41, 5.74) is 0. The number of nitrogens with zero attached hydrogens (tertiary/aromatic N) is 2. The molecule has 0 N–H and O–H groups in total. The SMILES string of the molecule is CCCCCCCC/C=C/CCCCCCCC(=O)N(C)CC(=O)[O-].CCCCCCCC/C=C/CCCCCCCC(=O)N(C)CC(=O)[O-].[Ca+2]. The van der Waals surface area contributed by atoms with Crippen LogP contribution < -0.4 is 10.2 Å². The first kappa shape index (κ1) is 54.0. The van der Waals surface area contributed by atoms with Gasteiger partial charge in [0.05, 0.1) is 25.0 Å². The van der Waals surface area contributed by atoms with Crippen molar-refractivity contribution in [1.82, 2.24) is 9.80 Å². The van der Waals surface area contributed by atoms with Crippen LogP contribution in [0.2, 0.25) is 0 Å². The minimum atomic E-state index is -1.21. The molecule has 2 amide bonds. The molecule has 0 aromatic carbocycles. The van der Waals surface area contributed by atoms with Crippen molar-refractivity contribution in [3.05, 3.63) is 24.3 Å². The molecule has 0 unspecified atom stereocenters. The molecular formula is C42H76CaN2O6. The van der Waals surface area contributed by atoms with Crippen LogP contribution in [-0.4, -0.2) is 98.5 Å². The molecule has 0 aliphatic heterocycles. The molecule has 0 saturated heterocycles. The number of carboxylic acids is 2. The van der Waals surface area contributed by atoms with Crippen LogP contribution in [-0.2, 0) is 19.2 Å². The van der Waals surface area contributed by atoms with Crippen molar-refractivity contribution in [2.45, 2.75) is 194 Å². The number of hydrogen-bond acceptors (Lipinski definition) is 6. The van der Waals surface area contributed by atoms with Crippen LogP contribution in [0.3, 0.4) is 0 Å². The summed E-state index contributed by atoms with van der Waals surface area (Å²) >= 11 is 0. The van der Waals surface area contributed by atoms with Crippen molar-refractivity contribution in [1.29, 1.82) is 0 Å². The number of carbonyl (C=O) groups is 4. The van der Waals surface area contributed by atoms with E-state index in [0.29, 0.717) is 12.8 Å². The predicted molar refractivity (Wildman–Crippen MR) is 210 cm³/mol. The van der Waals surface area contributed by atoms with Gasteiger partial charge in [-0.2, -0.15) is 0 Å². The van der Waals surface area contributed by atoms with E-state index in [1.54, 1.807) is 0 Å². The van der Waals surface area contributed by atoms with Crippen molar-refractivity contribution < 1.29 is 29.4 Å². The Labute approximate surface area is 343 Å². The number of unbranched alkanes of at least 4 members (excludes halogenated alkanes) is 22. The normalized spacial score (nSPS) is 10.9. The summed E-state index contributed by atoms with van der Waals surface area (Å²) in [7, 11) is 3.02. The van der Waals surface area contributed by atoms with E-state index in [1.165, 1.54) is 139 Å². The summed E-state index contributed by atoms with van der Waals surface area (Å²) < 4.78 is 0. The number of likely N-dealkylation sites (N-methyl/N-ethyl adjacent to an activating group) is 2. The smallest absolute Gasteiger partial charge is 0.548 e. The topological polar surface area (TPSA) is 121 Å². The van der Waals surface area contributed by atoms with Crippen LogP contribution in [0.4, 0.5) is 0 Å². The van der Waals surface area contributed by atoms with Gasteiger partial charge >= 0.3 is 37.7 Å². The van der Waals surface area contributed by atoms with Crippen molar-refractivity contribution >= 4 is 61.5 Å². The van der Waals surface area contributed by atoms with Crippen molar-refractivity contribution in [2.24, 2.45) is 0 Å². The van der Waals surface area contributed by atoms with E-state index in [9.17, 15) is 29.4 Å². The van der Waals surface area contributed by atoms with Crippen molar-refractivity contribution in [2.75, 3.05) is 27.2 Å². The van der Waals surface area contributed by atoms with Gasteiger partial charge in [0.1, 0.15) is 0 Å². The second-order valence-corrected chi connectivity index (χ2v) is 13.9. The van der Waals surface area contributed by atoms with Crippen molar-refractivity contribution in [3.8, 4) is 0 Å². The molecule has 0 spiro atoms. The number of amides is 2. The Bertz CT molecular complexity index is 809. The molecule has 0 saturated carbocycles. The monoisotopic (exact) mass is 745 g/mol. The molecule has 0 atom stereocenters. The van der Waals surface area contributed by atoms with Gasteiger partial charge in [-0.25, -0.2) is 0 Å². The molecule has 0 aliphatic rings. The van der Waals surface area contributed by atoms with Crippen LogP contribution in [0.25, 0.3) is 0 Å². The van der Waals surface area contributed by atoms with Gasteiger partial charge in [0, 0.05) is 26.9 Å². The molecule has 8 nitrogen and oxygen atoms in total. The molecule has 0 radical (unpaired) electrons. The number of hydrogen-bond donors (Lipinski definition) is 0. The number of carboxylic acid groups (broad SMARTS) is 2. The number of aliphatic carboxylic acids is 2. The van der Waals surface area contributed by atoms with E-state index in [2.05, 4.69) is 38.2 Å². The Hall–Kier alpha value is -1.38. The molecule has 0 aliphatic carbocycles. The van der Waals surface area contributed by atoms with E-state index in [-0.39, 0.29) is 62.6 Å². The fourth-order valence-corrected chi connectivity index (χ4v) is 5.64. The summed E-state index contributed by atoms with van der Waals surface area (Å²) in [5.74, 6) is -2.63. The average Bonchev–Trinajstić information content (AvgIpc) is 3.07. The Balaban J connectivity index is -0.000000886. The predicted octanol–water partition coefficient (Wildman–Crippen LogP) is 8.08. The zero-order valence-corrected chi connectivity index (χ0v) is 35.8. The molecule has 0 rings (SSSR count). The van der Waals surface area contributed by atoms with Crippen molar-refractivity contribution in [3.63, 3.8) is 0 Å². The van der Waals surface area contributed by atoms with Crippen LogP contribution in [0.15, 0.2) is 24.3 Å². The van der Waals surface area contributed by atoms with Crippen LogP contribution in [0, 0.1) is 0 Å². The van der Waals surface area contributed by atoms with E-state index in [0.717, 1.165) is 51.4 Å². The quantitative estimate of drug-likeness (QED) is 0.0373. The number of carbonyl (C=O) groups excluding carboxylic acids is 4. The molecule has 0 fully saturated rings. The fourth-order valence-electron chi connectivity index (χ4n) is 5.64. The van der Waals surface area contributed by atoms with E-state index in [1.807, 2.05) is 0 Å². The second-order valence-electron chi connectivity index (χ2n) is 13.9. The molecule has 9 heteroatoms.